The summed E-state index contributed by atoms with van der Waals surface area (Å²) in [6.45, 7) is 13.4. The largest absolute Gasteiger partial charge is 0.326 e. The normalized spacial score (nSPS) is 13.7. The Balaban J connectivity index is 1.57. The zero-order valence-electron chi connectivity index (χ0n) is 19.6. The first-order valence-corrected chi connectivity index (χ1v) is 11.4. The van der Waals surface area contributed by atoms with Gasteiger partial charge in [0.05, 0.1) is 22.4 Å². The van der Waals surface area contributed by atoms with Crippen molar-refractivity contribution < 1.29 is 0 Å². The Hall–Kier alpha value is -4.19. The summed E-state index contributed by atoms with van der Waals surface area (Å²) in [6.07, 6.45) is 8.11. The topological polar surface area (TPSA) is 50.1 Å². The molecule has 0 radical (unpaired) electrons. The molecule has 6 heteroatoms. The van der Waals surface area contributed by atoms with Crippen LogP contribution in [0.3, 0.4) is 0 Å². The summed E-state index contributed by atoms with van der Waals surface area (Å²) in [7, 11) is 0. The van der Waals surface area contributed by atoms with Gasteiger partial charge >= 0.3 is 0 Å². The molecule has 0 N–H and O–H groups in total. The highest BCUT2D eigenvalue weighted by molar-refractivity contribution is 5.84. The van der Waals surface area contributed by atoms with Gasteiger partial charge in [-0.05, 0) is 44.2 Å². The van der Waals surface area contributed by atoms with Crippen molar-refractivity contribution in [3.05, 3.63) is 103 Å². The van der Waals surface area contributed by atoms with E-state index in [0.29, 0.717) is 13.1 Å². The highest BCUT2D eigenvalue weighted by Gasteiger charge is 2.36. The number of hydrogen-bond donors (Lipinski definition) is 0. The van der Waals surface area contributed by atoms with Gasteiger partial charge in [-0.1, -0.05) is 48.6 Å². The summed E-state index contributed by atoms with van der Waals surface area (Å²) in [5.41, 5.74) is 6.02. The molecule has 0 saturated heterocycles. The van der Waals surface area contributed by atoms with Crippen molar-refractivity contribution in [1.82, 2.24) is 19.7 Å². The third-order valence-corrected chi connectivity index (χ3v) is 6.15. The summed E-state index contributed by atoms with van der Waals surface area (Å²) in [4.78, 5) is 14.4. The van der Waals surface area contributed by atoms with Gasteiger partial charge in [0.1, 0.15) is 6.17 Å². The van der Waals surface area contributed by atoms with Crippen LogP contribution >= 0.6 is 0 Å². The third kappa shape index (κ3) is 3.67. The van der Waals surface area contributed by atoms with Gasteiger partial charge in [-0.2, -0.15) is 5.10 Å². The summed E-state index contributed by atoms with van der Waals surface area (Å²) in [6, 6.07) is 18.2. The van der Waals surface area contributed by atoms with Gasteiger partial charge in [0.2, 0.25) is 0 Å². The summed E-state index contributed by atoms with van der Waals surface area (Å²) in [5, 5.41) is 4.79. The van der Waals surface area contributed by atoms with Gasteiger partial charge in [-0.3, -0.25) is 0 Å². The zero-order chi connectivity index (χ0) is 23.7. The maximum atomic E-state index is 4.96. The monoisotopic (exact) mass is 448 g/mol. The second-order valence-electron chi connectivity index (χ2n) is 8.35. The third-order valence-electron chi connectivity index (χ3n) is 6.15. The van der Waals surface area contributed by atoms with E-state index in [-0.39, 0.29) is 6.17 Å². The predicted molar refractivity (Wildman–Crippen MR) is 140 cm³/mol. The smallest absolute Gasteiger partial charge is 0.174 e. The Labute approximate surface area is 200 Å². The molecule has 0 atom stereocenters. The molecule has 0 bridgehead atoms. The highest BCUT2D eigenvalue weighted by Crippen LogP contribution is 2.38. The predicted octanol–water partition coefficient (Wildman–Crippen LogP) is 5.47. The molecule has 2 aromatic heterocycles. The average molecular weight is 449 g/mol. The van der Waals surface area contributed by atoms with E-state index in [1.54, 1.807) is 0 Å². The van der Waals surface area contributed by atoms with Crippen molar-refractivity contribution in [3.63, 3.8) is 0 Å². The van der Waals surface area contributed by atoms with E-state index in [9.17, 15) is 0 Å². The van der Waals surface area contributed by atoms with Crippen molar-refractivity contribution in [3.8, 4) is 5.69 Å². The first kappa shape index (κ1) is 21.6. The van der Waals surface area contributed by atoms with Crippen LogP contribution < -0.4 is 9.80 Å². The standard InChI is InChI=1S/C28H28N6/c1-5-18-32-26(17-16-23-20(3)31-34(21(23)4)22-12-8-7-9-13-22)33(19-6-2)28-27(32)29-24-14-10-11-15-25(24)30-28/h5-17,26H,1-2,18-19H2,3-4H3. The maximum absolute atomic E-state index is 4.96. The second kappa shape index (κ2) is 8.98. The lowest BCUT2D eigenvalue weighted by molar-refractivity contribution is 0.718. The fraction of sp³-hybridized carbons (Fsp3) is 0.179. The number of rotatable bonds is 7. The fourth-order valence-corrected chi connectivity index (χ4v) is 4.56. The number of hydrogen-bond acceptors (Lipinski definition) is 5. The molecule has 0 unspecified atom stereocenters. The molecule has 3 heterocycles. The molecule has 0 saturated carbocycles. The van der Waals surface area contributed by atoms with E-state index in [1.807, 2.05) is 66.2 Å². The number of anilines is 2. The number of nitrogens with zero attached hydrogens (tertiary/aromatic N) is 6. The minimum absolute atomic E-state index is 0.0679. The van der Waals surface area contributed by atoms with Crippen LogP contribution in [0.15, 0.2) is 86.0 Å². The first-order valence-electron chi connectivity index (χ1n) is 11.4. The zero-order valence-corrected chi connectivity index (χ0v) is 19.6. The molecule has 34 heavy (non-hydrogen) atoms. The van der Waals surface area contributed by atoms with Crippen molar-refractivity contribution in [2.45, 2.75) is 20.0 Å². The van der Waals surface area contributed by atoms with Crippen LogP contribution in [0.4, 0.5) is 11.6 Å². The van der Waals surface area contributed by atoms with E-state index in [2.05, 4.69) is 54.2 Å². The number of fused-ring (bicyclic) bond motifs is 2. The SMILES string of the molecule is C=CCN1c2nc3ccccc3nc2N(CC=C)C1C=Cc1c(C)nn(-c2ccccc2)c1C. The highest BCUT2D eigenvalue weighted by atomic mass is 15.5. The molecular formula is C28H28N6. The van der Waals surface area contributed by atoms with Crippen LogP contribution in [0.2, 0.25) is 0 Å². The molecule has 2 aromatic carbocycles. The van der Waals surface area contributed by atoms with E-state index >= 15 is 0 Å². The molecular weight excluding hydrogens is 420 g/mol. The van der Waals surface area contributed by atoms with Crippen LogP contribution in [0.1, 0.15) is 17.0 Å². The second-order valence-corrected chi connectivity index (χ2v) is 8.35. The number of aryl methyl sites for hydroxylation is 1. The van der Waals surface area contributed by atoms with Crippen molar-refractivity contribution in [2.24, 2.45) is 0 Å². The number of aromatic nitrogens is 4. The molecule has 1 aliphatic rings. The van der Waals surface area contributed by atoms with Gasteiger partial charge < -0.3 is 9.80 Å². The maximum Gasteiger partial charge on any atom is 0.174 e. The summed E-state index contributed by atoms with van der Waals surface area (Å²) in [5.74, 6) is 1.73. The molecule has 5 rings (SSSR count). The van der Waals surface area contributed by atoms with Crippen molar-refractivity contribution in [2.75, 3.05) is 22.9 Å². The van der Waals surface area contributed by atoms with Gasteiger partial charge in [0.15, 0.2) is 11.6 Å². The number of para-hydroxylation sites is 3. The van der Waals surface area contributed by atoms with Crippen LogP contribution in [-0.4, -0.2) is 39.0 Å². The Morgan fingerprint density at radius 2 is 1.38 bits per heavy atom. The first-order chi connectivity index (χ1) is 16.6. The average Bonchev–Trinajstić information content (AvgIpc) is 3.30. The van der Waals surface area contributed by atoms with Crippen LogP contribution in [0.25, 0.3) is 22.8 Å². The van der Waals surface area contributed by atoms with Gasteiger partial charge in [-0.15, -0.1) is 13.2 Å². The minimum Gasteiger partial charge on any atom is -0.326 e. The molecule has 1 aliphatic heterocycles. The lowest BCUT2D eigenvalue weighted by Crippen LogP contribution is -2.42. The Morgan fingerprint density at radius 3 is 1.94 bits per heavy atom. The fourth-order valence-electron chi connectivity index (χ4n) is 4.56. The number of benzene rings is 2. The van der Waals surface area contributed by atoms with E-state index in [0.717, 1.165) is 45.3 Å². The molecule has 0 aliphatic carbocycles. The van der Waals surface area contributed by atoms with Crippen LogP contribution in [-0.2, 0) is 0 Å². The molecule has 0 amide bonds. The van der Waals surface area contributed by atoms with Crippen molar-refractivity contribution in [1.29, 1.82) is 0 Å². The molecule has 170 valence electrons. The van der Waals surface area contributed by atoms with E-state index < -0.39 is 0 Å². The Bertz CT molecular complexity index is 1330. The summed E-state index contributed by atoms with van der Waals surface area (Å²) < 4.78 is 2.00. The molecule has 0 spiro atoms. The van der Waals surface area contributed by atoms with Crippen LogP contribution in [0, 0.1) is 13.8 Å². The Kier molecular flexibility index (Phi) is 5.72. The van der Waals surface area contributed by atoms with Crippen molar-refractivity contribution >= 4 is 28.7 Å². The van der Waals surface area contributed by atoms with Gasteiger partial charge in [0, 0.05) is 24.3 Å². The van der Waals surface area contributed by atoms with Crippen LogP contribution in [0.5, 0.6) is 0 Å². The van der Waals surface area contributed by atoms with E-state index in [1.165, 1.54) is 0 Å². The summed E-state index contributed by atoms with van der Waals surface area (Å²) >= 11 is 0. The quantitative estimate of drug-likeness (QED) is 0.351. The van der Waals surface area contributed by atoms with Gasteiger partial charge in [0.25, 0.3) is 0 Å². The molecule has 0 fully saturated rings. The molecule has 4 aromatic rings. The van der Waals surface area contributed by atoms with E-state index in [4.69, 9.17) is 15.1 Å². The molecule has 6 nitrogen and oxygen atoms in total. The lowest BCUT2D eigenvalue weighted by Gasteiger charge is -2.28. The Morgan fingerprint density at radius 1 is 0.824 bits per heavy atom. The van der Waals surface area contributed by atoms with Gasteiger partial charge in [-0.25, -0.2) is 14.6 Å². The minimum atomic E-state index is -0.0679. The lowest BCUT2D eigenvalue weighted by atomic mass is 10.1.